The maximum absolute atomic E-state index is 12.6. The molecule has 1 aromatic carbocycles. The third-order valence-corrected chi connectivity index (χ3v) is 8.65. The Balaban J connectivity index is 1.47. The predicted molar refractivity (Wildman–Crippen MR) is 136 cm³/mol. The number of fused-ring (bicyclic) bond motifs is 5. The molecule has 1 aliphatic rings. The molecule has 1 amide bonds. The van der Waals surface area contributed by atoms with Crippen molar-refractivity contribution in [1.82, 2.24) is 19.6 Å². The number of aromatic nitrogens is 4. The molecule has 1 aliphatic heterocycles. The van der Waals surface area contributed by atoms with E-state index in [1.54, 1.807) is 23.1 Å². The lowest BCUT2D eigenvalue weighted by atomic mass is 9.90. The molecular formula is C23H25N5O2S3. The van der Waals surface area contributed by atoms with Gasteiger partial charge in [0.05, 0.1) is 23.3 Å². The van der Waals surface area contributed by atoms with Crippen molar-refractivity contribution in [3.05, 3.63) is 40.3 Å². The minimum absolute atomic E-state index is 0.0779. The average molecular weight is 500 g/mol. The van der Waals surface area contributed by atoms with Crippen molar-refractivity contribution in [2.45, 2.75) is 56.1 Å². The van der Waals surface area contributed by atoms with Crippen LogP contribution in [-0.4, -0.2) is 43.1 Å². The summed E-state index contributed by atoms with van der Waals surface area (Å²) in [4.78, 5) is 19.7. The molecule has 0 radical (unpaired) electrons. The standard InChI is InChI=1S/C23H25N5O2S3/c1-5-23(3)10-15-16(11-30-23)33-20-18(15)19-26-27-22(28(19)21(25-20)31-4)32-12-17(29)24-14-8-6-7-13(2)9-14/h6-9H,5,10-12H2,1-4H3,(H,24,29)/t23-/m0/s1. The first kappa shape index (κ1) is 22.6. The molecule has 1 N–H and O–H groups in total. The fraction of sp³-hybridized carbons (Fsp3) is 0.391. The Kier molecular flexibility index (Phi) is 6.11. The first-order chi connectivity index (χ1) is 15.9. The molecule has 0 fully saturated rings. The second-order valence-corrected chi connectivity index (χ2v) is 11.2. The van der Waals surface area contributed by atoms with Gasteiger partial charge in [0, 0.05) is 17.0 Å². The highest BCUT2D eigenvalue weighted by molar-refractivity contribution is 8.00. The van der Waals surface area contributed by atoms with E-state index < -0.39 is 0 Å². The van der Waals surface area contributed by atoms with Crippen LogP contribution in [-0.2, 0) is 22.6 Å². The number of aryl methyl sites for hydroxylation is 1. The van der Waals surface area contributed by atoms with Gasteiger partial charge in [-0.1, -0.05) is 42.6 Å². The molecule has 0 spiro atoms. The maximum atomic E-state index is 12.6. The first-order valence-electron chi connectivity index (χ1n) is 10.8. The van der Waals surface area contributed by atoms with E-state index in [2.05, 4.69) is 29.4 Å². The number of ether oxygens (including phenoxy) is 1. The second kappa shape index (κ2) is 8.90. The highest BCUT2D eigenvalue weighted by atomic mass is 32.2. The lowest BCUT2D eigenvalue weighted by Gasteiger charge is -2.32. The normalized spacial score (nSPS) is 18.1. The van der Waals surface area contributed by atoms with Crippen LogP contribution >= 0.6 is 34.9 Å². The van der Waals surface area contributed by atoms with E-state index in [-0.39, 0.29) is 17.3 Å². The van der Waals surface area contributed by atoms with Crippen molar-refractivity contribution in [3.8, 4) is 0 Å². The summed E-state index contributed by atoms with van der Waals surface area (Å²) < 4.78 is 8.14. The van der Waals surface area contributed by atoms with Gasteiger partial charge in [-0.25, -0.2) is 9.38 Å². The third-order valence-electron chi connectivity index (χ3n) is 5.98. The number of hydrogen-bond acceptors (Lipinski definition) is 8. The number of benzene rings is 1. The van der Waals surface area contributed by atoms with E-state index in [1.807, 2.05) is 41.8 Å². The van der Waals surface area contributed by atoms with Crippen LogP contribution in [0.4, 0.5) is 5.69 Å². The van der Waals surface area contributed by atoms with Crippen molar-refractivity contribution >= 4 is 62.3 Å². The molecule has 5 rings (SSSR count). The largest absolute Gasteiger partial charge is 0.369 e. The molecule has 0 unspecified atom stereocenters. The van der Waals surface area contributed by atoms with Gasteiger partial charge in [0.15, 0.2) is 16.0 Å². The van der Waals surface area contributed by atoms with Gasteiger partial charge >= 0.3 is 0 Å². The maximum Gasteiger partial charge on any atom is 0.234 e. The minimum Gasteiger partial charge on any atom is -0.369 e. The van der Waals surface area contributed by atoms with Gasteiger partial charge in [0.25, 0.3) is 0 Å². The number of nitrogens with one attached hydrogen (secondary N) is 1. The quantitative estimate of drug-likeness (QED) is 0.283. The number of rotatable bonds is 6. The lowest BCUT2D eigenvalue weighted by Crippen LogP contribution is -2.33. The Morgan fingerprint density at radius 3 is 2.94 bits per heavy atom. The molecule has 0 bridgehead atoms. The molecule has 7 nitrogen and oxygen atoms in total. The lowest BCUT2D eigenvalue weighted by molar-refractivity contribution is -0.113. The fourth-order valence-corrected chi connectivity index (χ4v) is 6.51. The van der Waals surface area contributed by atoms with E-state index in [1.165, 1.54) is 22.2 Å². The third kappa shape index (κ3) is 4.25. The topological polar surface area (TPSA) is 81.4 Å². The van der Waals surface area contributed by atoms with Crippen molar-refractivity contribution in [1.29, 1.82) is 0 Å². The Morgan fingerprint density at radius 1 is 1.33 bits per heavy atom. The number of carbonyl (C=O) groups excluding carboxylic acids is 1. The highest BCUT2D eigenvalue weighted by Gasteiger charge is 2.33. The smallest absolute Gasteiger partial charge is 0.234 e. The molecule has 4 heterocycles. The molecule has 1 atom stereocenters. The van der Waals surface area contributed by atoms with Crippen LogP contribution in [0.15, 0.2) is 34.6 Å². The van der Waals surface area contributed by atoms with Gasteiger partial charge in [0.2, 0.25) is 5.91 Å². The molecule has 3 aromatic heterocycles. The molecule has 33 heavy (non-hydrogen) atoms. The zero-order valence-electron chi connectivity index (χ0n) is 19.0. The fourth-order valence-electron chi connectivity index (χ4n) is 4.02. The molecule has 172 valence electrons. The SMILES string of the molecule is CC[C@@]1(C)Cc2c(sc3nc(SC)n4c(SCC(=O)Nc5cccc(C)c5)nnc4c23)CO1. The zero-order valence-corrected chi connectivity index (χ0v) is 21.4. The molecule has 0 saturated heterocycles. The Hall–Kier alpha value is -2.14. The molecule has 0 saturated carbocycles. The van der Waals surface area contributed by atoms with Crippen LogP contribution in [0.2, 0.25) is 0 Å². The number of amides is 1. The van der Waals surface area contributed by atoms with E-state index in [0.717, 1.165) is 45.1 Å². The zero-order chi connectivity index (χ0) is 23.2. The van der Waals surface area contributed by atoms with Crippen LogP contribution in [0.3, 0.4) is 0 Å². The van der Waals surface area contributed by atoms with Gasteiger partial charge in [-0.3, -0.25) is 4.79 Å². The van der Waals surface area contributed by atoms with E-state index >= 15 is 0 Å². The summed E-state index contributed by atoms with van der Waals surface area (Å²) in [5.41, 5.74) is 3.81. The number of carbonyl (C=O) groups is 1. The van der Waals surface area contributed by atoms with Crippen molar-refractivity contribution in [2.24, 2.45) is 0 Å². The summed E-state index contributed by atoms with van der Waals surface area (Å²) >= 11 is 4.61. The molecule has 10 heteroatoms. The second-order valence-electron chi connectivity index (χ2n) is 8.40. The molecular weight excluding hydrogens is 474 g/mol. The number of nitrogens with zero attached hydrogens (tertiary/aromatic N) is 4. The van der Waals surface area contributed by atoms with Crippen LogP contribution in [0, 0.1) is 6.92 Å². The Labute approximate surface area is 204 Å². The van der Waals surface area contributed by atoms with Crippen LogP contribution in [0.1, 0.15) is 36.3 Å². The Bertz CT molecular complexity index is 1370. The van der Waals surface area contributed by atoms with Crippen LogP contribution in [0.5, 0.6) is 0 Å². The number of thioether (sulfide) groups is 2. The summed E-state index contributed by atoms with van der Waals surface area (Å²) in [6.45, 7) is 6.93. The van der Waals surface area contributed by atoms with Gasteiger partial charge in [-0.05, 0) is 49.8 Å². The summed E-state index contributed by atoms with van der Waals surface area (Å²) in [6.07, 6.45) is 3.78. The van der Waals surface area contributed by atoms with Gasteiger partial charge in [0.1, 0.15) is 4.83 Å². The molecule has 4 aromatic rings. The summed E-state index contributed by atoms with van der Waals surface area (Å²) in [7, 11) is 0. The highest BCUT2D eigenvalue weighted by Crippen LogP contribution is 2.42. The van der Waals surface area contributed by atoms with Gasteiger partial charge in [-0.2, -0.15) is 0 Å². The molecule has 0 aliphatic carbocycles. The monoisotopic (exact) mass is 499 g/mol. The number of hydrogen-bond donors (Lipinski definition) is 1. The Morgan fingerprint density at radius 2 is 2.18 bits per heavy atom. The first-order valence-corrected chi connectivity index (χ1v) is 13.8. The van der Waals surface area contributed by atoms with Crippen molar-refractivity contribution in [3.63, 3.8) is 0 Å². The summed E-state index contributed by atoms with van der Waals surface area (Å²) in [6, 6.07) is 7.78. The predicted octanol–water partition coefficient (Wildman–Crippen LogP) is 5.34. The van der Waals surface area contributed by atoms with Crippen LogP contribution in [0.25, 0.3) is 15.9 Å². The van der Waals surface area contributed by atoms with Crippen molar-refractivity contribution in [2.75, 3.05) is 17.3 Å². The van der Waals surface area contributed by atoms with Gasteiger partial charge < -0.3 is 10.1 Å². The van der Waals surface area contributed by atoms with Crippen molar-refractivity contribution < 1.29 is 9.53 Å². The van der Waals surface area contributed by atoms with E-state index in [4.69, 9.17) is 9.72 Å². The number of thiophene rings is 1. The average Bonchev–Trinajstić information content (AvgIpc) is 3.38. The number of anilines is 1. The van der Waals surface area contributed by atoms with E-state index in [9.17, 15) is 4.79 Å². The van der Waals surface area contributed by atoms with E-state index in [0.29, 0.717) is 11.8 Å². The summed E-state index contributed by atoms with van der Waals surface area (Å²) in [5, 5.41) is 14.5. The van der Waals surface area contributed by atoms with Crippen LogP contribution < -0.4 is 5.32 Å². The van der Waals surface area contributed by atoms with Gasteiger partial charge in [-0.15, -0.1) is 21.5 Å². The minimum atomic E-state index is -0.179. The summed E-state index contributed by atoms with van der Waals surface area (Å²) in [5.74, 6) is 0.162.